The molecule has 2 heteroatoms. The second-order valence-corrected chi connectivity index (χ2v) is 6.69. The molecule has 86 valence electrons. The lowest BCUT2D eigenvalue weighted by molar-refractivity contribution is -0.131. The molecule has 0 aromatic carbocycles. The van der Waals surface area contributed by atoms with E-state index in [1.54, 1.807) is 0 Å². The average Bonchev–Trinajstić information content (AvgIpc) is 2.92. The van der Waals surface area contributed by atoms with Gasteiger partial charge in [0.2, 0.25) is 5.91 Å². The average molecular weight is 217 g/mol. The highest BCUT2D eigenvalue weighted by Gasteiger charge is 2.66. The molecule has 4 aliphatic rings. The van der Waals surface area contributed by atoms with Crippen LogP contribution in [0.25, 0.3) is 0 Å². The van der Waals surface area contributed by atoms with Crippen molar-refractivity contribution < 1.29 is 4.79 Å². The molecule has 16 heavy (non-hydrogen) atoms. The molecule has 0 aliphatic heterocycles. The standard InChI is InChI=1S/C14H19NO/c1-14(13(15)16)6-9-5-10(14)12-8-3-2-7(4-8)11(9)12/h2-3,7-12H,4-6H2,1H3,(H2,15,16). The topological polar surface area (TPSA) is 43.1 Å². The van der Waals surface area contributed by atoms with E-state index in [1.807, 2.05) is 0 Å². The maximum Gasteiger partial charge on any atom is 0.223 e. The van der Waals surface area contributed by atoms with Crippen molar-refractivity contribution in [2.45, 2.75) is 26.2 Å². The maximum atomic E-state index is 11.7. The predicted octanol–water partition coefficient (Wildman–Crippen LogP) is 1.96. The zero-order chi connectivity index (χ0) is 11.1. The lowest BCUT2D eigenvalue weighted by Crippen LogP contribution is -2.45. The lowest BCUT2D eigenvalue weighted by Gasteiger charge is -2.41. The SMILES string of the molecule is CC1(C(N)=O)CC2CC1C1C3C=CC(C3)C21. The molecule has 0 spiro atoms. The van der Waals surface area contributed by atoms with Gasteiger partial charge in [0.05, 0.1) is 0 Å². The van der Waals surface area contributed by atoms with E-state index in [0.717, 1.165) is 36.0 Å². The molecular formula is C14H19NO. The molecule has 0 aromatic rings. The summed E-state index contributed by atoms with van der Waals surface area (Å²) in [6.07, 6.45) is 8.54. The zero-order valence-corrected chi connectivity index (χ0v) is 9.73. The van der Waals surface area contributed by atoms with Crippen LogP contribution in [-0.2, 0) is 4.79 Å². The number of hydrogen-bond donors (Lipinski definition) is 1. The summed E-state index contributed by atoms with van der Waals surface area (Å²) in [5.41, 5.74) is 5.45. The van der Waals surface area contributed by atoms with Crippen LogP contribution in [0.15, 0.2) is 12.2 Å². The van der Waals surface area contributed by atoms with Gasteiger partial charge in [-0.15, -0.1) is 0 Å². The summed E-state index contributed by atoms with van der Waals surface area (Å²) in [4.78, 5) is 11.7. The van der Waals surface area contributed by atoms with Crippen molar-refractivity contribution in [3.63, 3.8) is 0 Å². The largest absolute Gasteiger partial charge is 0.369 e. The summed E-state index contributed by atoms with van der Waals surface area (Å²) >= 11 is 0. The molecule has 3 saturated carbocycles. The molecule has 4 bridgehead atoms. The number of rotatable bonds is 1. The molecule has 0 heterocycles. The minimum Gasteiger partial charge on any atom is -0.369 e. The highest BCUT2D eigenvalue weighted by Crippen LogP contribution is 2.70. The number of hydrogen-bond acceptors (Lipinski definition) is 1. The fourth-order valence-corrected chi connectivity index (χ4v) is 5.65. The molecule has 3 fully saturated rings. The van der Waals surface area contributed by atoms with E-state index in [9.17, 15) is 4.79 Å². The first-order valence-corrected chi connectivity index (χ1v) is 6.59. The zero-order valence-electron chi connectivity index (χ0n) is 9.73. The van der Waals surface area contributed by atoms with Gasteiger partial charge in [0, 0.05) is 5.41 Å². The smallest absolute Gasteiger partial charge is 0.223 e. The Morgan fingerprint density at radius 2 is 1.94 bits per heavy atom. The van der Waals surface area contributed by atoms with Crippen LogP contribution in [0.5, 0.6) is 0 Å². The Hall–Kier alpha value is -0.790. The Morgan fingerprint density at radius 3 is 2.62 bits per heavy atom. The third-order valence-electron chi connectivity index (χ3n) is 6.22. The van der Waals surface area contributed by atoms with Gasteiger partial charge >= 0.3 is 0 Å². The second-order valence-electron chi connectivity index (χ2n) is 6.69. The molecule has 4 aliphatic carbocycles. The van der Waals surface area contributed by atoms with Crippen molar-refractivity contribution >= 4 is 5.91 Å². The number of carbonyl (C=O) groups is 1. The Balaban J connectivity index is 1.76. The van der Waals surface area contributed by atoms with Crippen molar-refractivity contribution in [2.75, 3.05) is 0 Å². The van der Waals surface area contributed by atoms with E-state index in [4.69, 9.17) is 5.73 Å². The number of fused-ring (bicyclic) bond motifs is 9. The molecule has 0 aromatic heterocycles. The van der Waals surface area contributed by atoms with Crippen LogP contribution in [-0.4, -0.2) is 5.91 Å². The second kappa shape index (κ2) is 2.55. The van der Waals surface area contributed by atoms with Crippen LogP contribution in [0.1, 0.15) is 26.2 Å². The number of nitrogens with two attached hydrogens (primary N) is 1. The first kappa shape index (κ1) is 9.26. The Kier molecular flexibility index (Phi) is 1.47. The molecule has 4 rings (SSSR count). The van der Waals surface area contributed by atoms with E-state index in [0.29, 0.717) is 5.92 Å². The fraction of sp³-hybridized carbons (Fsp3) is 0.786. The summed E-state index contributed by atoms with van der Waals surface area (Å²) in [5, 5.41) is 0. The van der Waals surface area contributed by atoms with Crippen molar-refractivity contribution in [3.05, 3.63) is 12.2 Å². The van der Waals surface area contributed by atoms with E-state index in [-0.39, 0.29) is 11.3 Å². The van der Waals surface area contributed by atoms with Crippen molar-refractivity contribution in [2.24, 2.45) is 46.7 Å². The minimum atomic E-state index is -0.190. The Morgan fingerprint density at radius 1 is 1.25 bits per heavy atom. The van der Waals surface area contributed by atoms with Crippen LogP contribution in [0.3, 0.4) is 0 Å². The molecule has 0 saturated heterocycles. The van der Waals surface area contributed by atoms with Crippen LogP contribution >= 0.6 is 0 Å². The van der Waals surface area contributed by atoms with E-state index >= 15 is 0 Å². The van der Waals surface area contributed by atoms with Gasteiger partial charge in [-0.2, -0.15) is 0 Å². The molecule has 1 amide bonds. The maximum absolute atomic E-state index is 11.7. The van der Waals surface area contributed by atoms with Gasteiger partial charge in [-0.1, -0.05) is 19.1 Å². The third kappa shape index (κ3) is 0.813. The highest BCUT2D eigenvalue weighted by atomic mass is 16.1. The van der Waals surface area contributed by atoms with Crippen molar-refractivity contribution in [1.29, 1.82) is 0 Å². The fourth-order valence-electron chi connectivity index (χ4n) is 5.65. The molecular weight excluding hydrogens is 198 g/mol. The highest BCUT2D eigenvalue weighted by molar-refractivity contribution is 5.81. The van der Waals surface area contributed by atoms with E-state index < -0.39 is 0 Å². The van der Waals surface area contributed by atoms with E-state index in [1.165, 1.54) is 12.8 Å². The van der Waals surface area contributed by atoms with E-state index in [2.05, 4.69) is 19.1 Å². The first-order chi connectivity index (χ1) is 7.61. The lowest BCUT2D eigenvalue weighted by atomic mass is 9.62. The van der Waals surface area contributed by atoms with Crippen LogP contribution in [0.2, 0.25) is 0 Å². The van der Waals surface area contributed by atoms with Gasteiger partial charge in [0.25, 0.3) is 0 Å². The summed E-state index contributed by atoms with van der Waals surface area (Å²) in [6.45, 7) is 2.12. The summed E-state index contributed by atoms with van der Waals surface area (Å²) < 4.78 is 0. The van der Waals surface area contributed by atoms with Crippen LogP contribution in [0.4, 0.5) is 0 Å². The third-order valence-corrected chi connectivity index (χ3v) is 6.22. The Labute approximate surface area is 96.3 Å². The van der Waals surface area contributed by atoms with Crippen LogP contribution in [0, 0.1) is 40.9 Å². The predicted molar refractivity (Wildman–Crippen MR) is 61.2 cm³/mol. The van der Waals surface area contributed by atoms with Crippen molar-refractivity contribution in [1.82, 2.24) is 0 Å². The van der Waals surface area contributed by atoms with Crippen molar-refractivity contribution in [3.8, 4) is 0 Å². The van der Waals surface area contributed by atoms with Gasteiger partial charge in [-0.25, -0.2) is 0 Å². The molecule has 2 N–H and O–H groups in total. The van der Waals surface area contributed by atoms with Crippen LogP contribution < -0.4 is 5.73 Å². The molecule has 7 unspecified atom stereocenters. The van der Waals surface area contributed by atoms with Gasteiger partial charge in [-0.3, -0.25) is 4.79 Å². The summed E-state index contributed by atoms with van der Waals surface area (Å²) in [5.74, 6) is 4.60. The Bertz CT molecular complexity index is 402. The normalized spacial score (nSPS) is 60.6. The number of amides is 1. The van der Waals surface area contributed by atoms with Gasteiger partial charge in [0.1, 0.15) is 0 Å². The molecule has 0 radical (unpaired) electrons. The number of allylic oxidation sites excluding steroid dienone is 2. The minimum absolute atomic E-state index is 0.0507. The first-order valence-electron chi connectivity index (χ1n) is 6.59. The summed E-state index contributed by atoms with van der Waals surface area (Å²) in [6, 6.07) is 0. The van der Waals surface area contributed by atoms with Gasteiger partial charge in [-0.05, 0) is 54.8 Å². The quantitative estimate of drug-likeness (QED) is 0.529. The summed E-state index contributed by atoms with van der Waals surface area (Å²) in [7, 11) is 0. The molecule has 7 atom stereocenters. The van der Waals surface area contributed by atoms with Gasteiger partial charge in [0.15, 0.2) is 0 Å². The number of primary amides is 1. The number of carbonyl (C=O) groups excluding carboxylic acids is 1. The monoisotopic (exact) mass is 217 g/mol. The van der Waals surface area contributed by atoms with Gasteiger partial charge < -0.3 is 5.73 Å². The molecule has 2 nitrogen and oxygen atoms in total.